The molecule has 0 saturated heterocycles. The highest BCUT2D eigenvalue weighted by Gasteiger charge is 2.24. The Morgan fingerprint density at radius 3 is 2.33 bits per heavy atom. The Kier molecular flexibility index (Phi) is 3.95. The largest absolute Gasteiger partial charge is 0.319 e. The molecule has 0 aliphatic rings. The Labute approximate surface area is 131 Å². The zero-order chi connectivity index (χ0) is 14.8. The van der Waals surface area contributed by atoms with Gasteiger partial charge in [-0.2, -0.15) is 0 Å². The molecule has 0 aliphatic carbocycles. The number of nitrogens with one attached hydrogen (secondary N) is 1. The van der Waals surface area contributed by atoms with Gasteiger partial charge in [0.2, 0.25) is 0 Å². The number of nitrogens with zero attached hydrogens (tertiary/aromatic N) is 1. The summed E-state index contributed by atoms with van der Waals surface area (Å²) in [6.45, 7) is 0. The summed E-state index contributed by atoms with van der Waals surface area (Å²) in [5.41, 5.74) is 2.15. The number of para-hydroxylation sites is 2. The van der Waals surface area contributed by atoms with Crippen molar-refractivity contribution in [2.75, 3.05) is 0 Å². The van der Waals surface area contributed by atoms with Crippen molar-refractivity contribution in [3.63, 3.8) is 0 Å². The van der Waals surface area contributed by atoms with Crippen LogP contribution < -0.4 is 5.56 Å². The van der Waals surface area contributed by atoms with Crippen molar-refractivity contribution >= 4 is 34.2 Å². The molecule has 0 radical (unpaired) electrons. The number of rotatable bonds is 3. The summed E-state index contributed by atoms with van der Waals surface area (Å²) < 4.78 is 0. The second-order valence-corrected chi connectivity index (χ2v) is 5.62. The number of aromatic amines is 1. The summed E-state index contributed by atoms with van der Waals surface area (Å²) in [4.78, 5) is 19.3. The molecule has 2 aromatic carbocycles. The molecule has 1 N–H and O–H groups in total. The van der Waals surface area contributed by atoms with Crippen molar-refractivity contribution in [1.82, 2.24) is 9.97 Å². The lowest BCUT2D eigenvalue weighted by molar-refractivity contribution is 0.832. The summed E-state index contributed by atoms with van der Waals surface area (Å²) in [6, 6.07) is 16.7. The first-order chi connectivity index (χ1) is 10.2. The average molecular weight is 319 g/mol. The fourth-order valence-electron chi connectivity index (χ4n) is 2.18. The first-order valence-corrected chi connectivity index (χ1v) is 7.36. The van der Waals surface area contributed by atoms with Crippen LogP contribution in [0.2, 0.25) is 0 Å². The fourth-order valence-corrected chi connectivity index (χ4v) is 2.73. The normalized spacial score (nSPS) is 14.0. The highest BCUT2D eigenvalue weighted by atomic mass is 35.5. The third-order valence-corrected chi connectivity index (χ3v) is 4.35. The molecule has 3 rings (SSSR count). The predicted molar refractivity (Wildman–Crippen MR) is 86.0 cm³/mol. The van der Waals surface area contributed by atoms with E-state index in [-0.39, 0.29) is 11.3 Å². The van der Waals surface area contributed by atoms with Crippen molar-refractivity contribution in [3.8, 4) is 0 Å². The lowest BCUT2D eigenvalue weighted by Crippen LogP contribution is -2.18. The Morgan fingerprint density at radius 1 is 0.905 bits per heavy atom. The fraction of sp³-hybridized carbons (Fsp3) is 0.125. The molecule has 0 saturated carbocycles. The van der Waals surface area contributed by atoms with E-state index >= 15 is 0 Å². The average Bonchev–Trinajstić information content (AvgIpc) is 2.53. The maximum atomic E-state index is 12.1. The molecule has 5 heteroatoms. The van der Waals surface area contributed by atoms with E-state index in [9.17, 15) is 4.79 Å². The molecule has 1 heterocycles. The van der Waals surface area contributed by atoms with Crippen molar-refractivity contribution in [2.45, 2.75) is 10.8 Å². The van der Waals surface area contributed by atoms with Gasteiger partial charge in [-0.1, -0.05) is 42.5 Å². The Hall–Kier alpha value is -1.84. The monoisotopic (exact) mass is 318 g/mol. The standard InChI is InChI=1S/C16H12Cl2N2O/c17-13(10-6-2-1-3-7-10)14(18)15-16(21)20-12-9-5-4-8-11(12)19-15/h1-9,13-14H,(H,20,21). The molecule has 21 heavy (non-hydrogen) atoms. The van der Waals surface area contributed by atoms with Crippen molar-refractivity contribution in [1.29, 1.82) is 0 Å². The van der Waals surface area contributed by atoms with Gasteiger partial charge in [0.25, 0.3) is 5.56 Å². The number of alkyl halides is 2. The van der Waals surface area contributed by atoms with E-state index in [1.54, 1.807) is 6.07 Å². The first kappa shape index (κ1) is 14.1. The second-order valence-electron chi connectivity index (χ2n) is 4.68. The van der Waals surface area contributed by atoms with Crippen LogP contribution in [0.25, 0.3) is 11.0 Å². The van der Waals surface area contributed by atoms with Gasteiger partial charge in [0.1, 0.15) is 11.1 Å². The van der Waals surface area contributed by atoms with E-state index < -0.39 is 10.8 Å². The summed E-state index contributed by atoms with van der Waals surface area (Å²) >= 11 is 12.8. The lowest BCUT2D eigenvalue weighted by Gasteiger charge is -2.15. The highest BCUT2D eigenvalue weighted by molar-refractivity contribution is 6.30. The van der Waals surface area contributed by atoms with Crippen LogP contribution >= 0.6 is 23.2 Å². The van der Waals surface area contributed by atoms with Gasteiger partial charge in [-0.25, -0.2) is 4.98 Å². The van der Waals surface area contributed by atoms with Gasteiger partial charge in [-0.05, 0) is 17.7 Å². The smallest absolute Gasteiger partial charge is 0.271 e. The van der Waals surface area contributed by atoms with Gasteiger partial charge in [0.05, 0.1) is 16.4 Å². The van der Waals surface area contributed by atoms with Gasteiger partial charge < -0.3 is 4.98 Å². The first-order valence-electron chi connectivity index (χ1n) is 6.49. The zero-order valence-electron chi connectivity index (χ0n) is 11.0. The van der Waals surface area contributed by atoms with Crippen molar-refractivity contribution in [3.05, 3.63) is 76.2 Å². The van der Waals surface area contributed by atoms with Crippen LogP contribution in [0.4, 0.5) is 0 Å². The minimum absolute atomic E-state index is 0.235. The van der Waals surface area contributed by atoms with Crippen LogP contribution in [0.1, 0.15) is 22.0 Å². The summed E-state index contributed by atoms with van der Waals surface area (Å²) in [6.07, 6.45) is 0. The third kappa shape index (κ3) is 2.80. The SMILES string of the molecule is O=c1[nH]c2ccccc2nc1C(Cl)C(Cl)c1ccccc1. The number of fused-ring (bicyclic) bond motifs is 1. The molecule has 2 atom stereocenters. The topological polar surface area (TPSA) is 45.8 Å². The summed E-state index contributed by atoms with van der Waals surface area (Å²) in [7, 11) is 0. The van der Waals surface area contributed by atoms with Crippen LogP contribution in [0.15, 0.2) is 59.4 Å². The molecule has 3 aromatic rings. The molecule has 0 aliphatic heterocycles. The van der Waals surface area contributed by atoms with Gasteiger partial charge in [-0.3, -0.25) is 4.79 Å². The molecule has 0 bridgehead atoms. The number of benzene rings is 2. The van der Waals surface area contributed by atoms with Crippen molar-refractivity contribution in [2.24, 2.45) is 0 Å². The van der Waals surface area contributed by atoms with Crippen LogP contribution in [0.5, 0.6) is 0 Å². The Bertz CT molecular complexity index is 817. The van der Waals surface area contributed by atoms with Crippen LogP contribution in [0.3, 0.4) is 0 Å². The molecule has 0 spiro atoms. The van der Waals surface area contributed by atoms with Gasteiger partial charge in [0, 0.05) is 0 Å². The van der Waals surface area contributed by atoms with Crippen LogP contribution in [-0.4, -0.2) is 9.97 Å². The molecule has 106 valence electrons. The van der Waals surface area contributed by atoms with E-state index in [1.165, 1.54) is 0 Å². The van der Waals surface area contributed by atoms with E-state index in [4.69, 9.17) is 23.2 Å². The van der Waals surface area contributed by atoms with E-state index in [0.717, 1.165) is 5.56 Å². The molecule has 0 fully saturated rings. The molecule has 0 amide bonds. The van der Waals surface area contributed by atoms with E-state index in [0.29, 0.717) is 11.0 Å². The maximum Gasteiger partial charge on any atom is 0.271 e. The minimum atomic E-state index is -0.706. The number of H-pyrrole nitrogens is 1. The van der Waals surface area contributed by atoms with E-state index in [1.807, 2.05) is 48.5 Å². The second kappa shape index (κ2) is 5.88. The van der Waals surface area contributed by atoms with Crippen LogP contribution in [-0.2, 0) is 0 Å². The number of aromatic nitrogens is 2. The number of hydrogen-bond donors (Lipinski definition) is 1. The Morgan fingerprint density at radius 2 is 1.57 bits per heavy atom. The third-order valence-electron chi connectivity index (χ3n) is 3.26. The lowest BCUT2D eigenvalue weighted by atomic mass is 10.1. The molecule has 2 unspecified atom stereocenters. The Balaban J connectivity index is 2.03. The molecular weight excluding hydrogens is 307 g/mol. The predicted octanol–water partition coefficient (Wildman–Crippen LogP) is 4.18. The van der Waals surface area contributed by atoms with Gasteiger partial charge in [-0.15, -0.1) is 23.2 Å². The number of hydrogen-bond acceptors (Lipinski definition) is 2. The highest BCUT2D eigenvalue weighted by Crippen LogP contribution is 2.37. The van der Waals surface area contributed by atoms with E-state index in [2.05, 4.69) is 9.97 Å². The summed E-state index contributed by atoms with van der Waals surface area (Å²) in [5, 5.41) is -1.23. The molecular formula is C16H12Cl2N2O. The quantitative estimate of drug-likeness (QED) is 0.736. The van der Waals surface area contributed by atoms with Gasteiger partial charge >= 0.3 is 0 Å². The molecule has 3 nitrogen and oxygen atoms in total. The van der Waals surface area contributed by atoms with Crippen molar-refractivity contribution < 1.29 is 0 Å². The van der Waals surface area contributed by atoms with Gasteiger partial charge in [0.15, 0.2) is 0 Å². The number of halogens is 2. The summed E-state index contributed by atoms with van der Waals surface area (Å²) in [5.74, 6) is 0. The zero-order valence-corrected chi connectivity index (χ0v) is 12.5. The van der Waals surface area contributed by atoms with Crippen LogP contribution in [0, 0.1) is 0 Å². The minimum Gasteiger partial charge on any atom is -0.319 e. The molecule has 1 aromatic heterocycles. The maximum absolute atomic E-state index is 12.1.